The third kappa shape index (κ3) is 5.33. The highest BCUT2D eigenvalue weighted by molar-refractivity contribution is 7.98. The zero-order valence-corrected chi connectivity index (χ0v) is 17.9. The van der Waals surface area contributed by atoms with E-state index in [2.05, 4.69) is 10.3 Å². The number of pyridine rings is 1. The number of esters is 1. The van der Waals surface area contributed by atoms with Gasteiger partial charge in [0.15, 0.2) is 0 Å². The zero-order chi connectivity index (χ0) is 20.8. The Labute approximate surface area is 179 Å². The third-order valence-corrected chi connectivity index (χ3v) is 5.52. The maximum Gasteiger partial charge on any atom is 0.339 e. The van der Waals surface area contributed by atoms with E-state index in [9.17, 15) is 9.59 Å². The average molecular weight is 435 g/mol. The number of thioether (sulfide) groups is 1. The fraction of sp³-hybridized carbons (Fsp3) is 0.350. The van der Waals surface area contributed by atoms with E-state index in [4.69, 9.17) is 16.3 Å². The van der Waals surface area contributed by atoms with Crippen LogP contribution >= 0.6 is 23.4 Å². The number of hydrogen-bond acceptors (Lipinski definition) is 6. The van der Waals surface area contributed by atoms with Crippen molar-refractivity contribution in [2.45, 2.75) is 11.8 Å². The van der Waals surface area contributed by atoms with Crippen molar-refractivity contribution in [1.82, 2.24) is 9.88 Å². The molecule has 1 fully saturated rings. The summed E-state index contributed by atoms with van der Waals surface area (Å²) in [5.41, 5.74) is 1.11. The number of carbonyl (C=O) groups excluding carboxylic acids is 2. The molecule has 0 saturated carbocycles. The van der Waals surface area contributed by atoms with Gasteiger partial charge < -0.3 is 19.9 Å². The quantitative estimate of drug-likeness (QED) is 0.566. The van der Waals surface area contributed by atoms with E-state index in [0.717, 1.165) is 10.6 Å². The maximum atomic E-state index is 12.6. The molecule has 2 heterocycles. The van der Waals surface area contributed by atoms with Gasteiger partial charge in [0, 0.05) is 43.0 Å². The average Bonchev–Trinajstić information content (AvgIpc) is 2.74. The molecule has 1 aromatic carbocycles. The lowest BCUT2D eigenvalue weighted by molar-refractivity contribution is 0.0526. The van der Waals surface area contributed by atoms with Crippen LogP contribution in [0.3, 0.4) is 0 Å². The molecule has 154 valence electrons. The molecule has 1 aromatic heterocycles. The molecule has 1 aliphatic heterocycles. The Morgan fingerprint density at radius 1 is 1.24 bits per heavy atom. The van der Waals surface area contributed by atoms with E-state index in [1.54, 1.807) is 29.7 Å². The number of amides is 2. The summed E-state index contributed by atoms with van der Waals surface area (Å²) < 4.78 is 4.97. The lowest BCUT2D eigenvalue weighted by atomic mass is 10.2. The smallest absolute Gasteiger partial charge is 0.339 e. The third-order valence-electron chi connectivity index (χ3n) is 4.52. The van der Waals surface area contributed by atoms with E-state index < -0.39 is 5.97 Å². The van der Waals surface area contributed by atoms with Crippen molar-refractivity contribution >= 4 is 46.9 Å². The number of urea groups is 1. The first-order chi connectivity index (χ1) is 14.0. The molecule has 0 unspecified atom stereocenters. The molecule has 29 heavy (non-hydrogen) atoms. The molecule has 3 rings (SSSR count). The van der Waals surface area contributed by atoms with Crippen molar-refractivity contribution in [1.29, 1.82) is 0 Å². The number of aromatic nitrogens is 1. The van der Waals surface area contributed by atoms with E-state index in [1.165, 1.54) is 6.20 Å². The number of halogens is 1. The Hall–Kier alpha value is -2.45. The molecule has 1 aliphatic rings. The largest absolute Gasteiger partial charge is 0.462 e. The summed E-state index contributed by atoms with van der Waals surface area (Å²) in [5.74, 6) is 0.160. The van der Waals surface area contributed by atoms with Crippen molar-refractivity contribution in [3.63, 3.8) is 0 Å². The van der Waals surface area contributed by atoms with Crippen LogP contribution in [-0.2, 0) is 4.74 Å². The summed E-state index contributed by atoms with van der Waals surface area (Å²) >= 11 is 7.97. The van der Waals surface area contributed by atoms with E-state index in [0.29, 0.717) is 49.2 Å². The van der Waals surface area contributed by atoms with Gasteiger partial charge in [-0.1, -0.05) is 17.7 Å². The van der Waals surface area contributed by atoms with Crippen LogP contribution in [0.15, 0.2) is 41.4 Å². The second-order valence-electron chi connectivity index (χ2n) is 6.39. The topological polar surface area (TPSA) is 74.8 Å². The summed E-state index contributed by atoms with van der Waals surface area (Å²) in [6, 6.07) is 9.20. The first kappa shape index (κ1) is 21.3. The fourth-order valence-electron chi connectivity index (χ4n) is 3.01. The summed E-state index contributed by atoms with van der Waals surface area (Å²) in [4.78, 5) is 33.6. The van der Waals surface area contributed by atoms with Gasteiger partial charge in [0.1, 0.15) is 5.82 Å². The Morgan fingerprint density at radius 2 is 2.00 bits per heavy atom. The highest BCUT2D eigenvalue weighted by Gasteiger charge is 2.24. The van der Waals surface area contributed by atoms with Crippen LogP contribution in [0.5, 0.6) is 0 Å². The second kappa shape index (κ2) is 9.84. The zero-order valence-electron chi connectivity index (χ0n) is 16.4. The normalized spacial score (nSPS) is 13.9. The van der Waals surface area contributed by atoms with Crippen LogP contribution in [0.25, 0.3) is 0 Å². The number of piperazine rings is 1. The van der Waals surface area contributed by atoms with Crippen molar-refractivity contribution in [2.24, 2.45) is 0 Å². The minimum Gasteiger partial charge on any atom is -0.462 e. The van der Waals surface area contributed by atoms with E-state index in [-0.39, 0.29) is 6.03 Å². The molecular weight excluding hydrogens is 412 g/mol. The van der Waals surface area contributed by atoms with Gasteiger partial charge in [0.05, 0.1) is 17.2 Å². The molecule has 0 aliphatic carbocycles. The number of carbonyl (C=O) groups is 2. The molecule has 1 N–H and O–H groups in total. The highest BCUT2D eigenvalue weighted by Crippen LogP contribution is 2.26. The van der Waals surface area contributed by atoms with E-state index >= 15 is 0 Å². The predicted molar refractivity (Wildman–Crippen MR) is 116 cm³/mol. The van der Waals surface area contributed by atoms with Gasteiger partial charge in [0.25, 0.3) is 0 Å². The molecule has 2 amide bonds. The van der Waals surface area contributed by atoms with Crippen LogP contribution in [0.2, 0.25) is 5.02 Å². The Balaban J connectivity index is 1.58. The van der Waals surface area contributed by atoms with Gasteiger partial charge in [-0.15, -0.1) is 11.8 Å². The fourth-order valence-corrected chi connectivity index (χ4v) is 3.76. The number of nitrogens with zero attached hydrogens (tertiary/aromatic N) is 3. The summed E-state index contributed by atoms with van der Waals surface area (Å²) in [7, 11) is 0. The predicted octanol–water partition coefficient (Wildman–Crippen LogP) is 3.99. The number of rotatable bonds is 5. The van der Waals surface area contributed by atoms with Gasteiger partial charge in [-0.3, -0.25) is 0 Å². The molecule has 0 spiro atoms. The molecule has 0 bridgehead atoms. The summed E-state index contributed by atoms with van der Waals surface area (Å²) in [6.07, 6.45) is 3.47. The first-order valence-corrected chi connectivity index (χ1v) is 10.9. The Morgan fingerprint density at radius 3 is 2.66 bits per heavy atom. The van der Waals surface area contributed by atoms with Gasteiger partial charge in [0.2, 0.25) is 0 Å². The Kier molecular flexibility index (Phi) is 7.22. The maximum absolute atomic E-state index is 12.6. The molecule has 7 nitrogen and oxygen atoms in total. The van der Waals surface area contributed by atoms with Gasteiger partial charge >= 0.3 is 12.0 Å². The van der Waals surface area contributed by atoms with Crippen LogP contribution in [0, 0.1) is 0 Å². The molecule has 0 atom stereocenters. The minimum absolute atomic E-state index is 0.125. The second-order valence-corrected chi connectivity index (χ2v) is 7.67. The van der Waals surface area contributed by atoms with Crippen LogP contribution in [0.4, 0.5) is 16.3 Å². The first-order valence-electron chi connectivity index (χ1n) is 9.29. The van der Waals surface area contributed by atoms with Gasteiger partial charge in [-0.25, -0.2) is 14.6 Å². The number of ether oxygens (including phenoxy) is 1. The monoisotopic (exact) mass is 434 g/mol. The lowest BCUT2D eigenvalue weighted by Crippen LogP contribution is -2.50. The summed E-state index contributed by atoms with van der Waals surface area (Å²) in [5, 5.41) is 3.34. The minimum atomic E-state index is -0.444. The molecule has 1 saturated heterocycles. The SMILES string of the molecule is CCOC(=O)c1cnc(N2CCN(C(=O)Nc3cccc(SC)c3)CC2)c(Cl)c1. The van der Waals surface area contributed by atoms with Gasteiger partial charge in [-0.2, -0.15) is 0 Å². The molecular formula is C20H23ClN4O3S. The highest BCUT2D eigenvalue weighted by atomic mass is 35.5. The number of hydrogen-bond donors (Lipinski definition) is 1. The van der Waals surface area contributed by atoms with E-state index in [1.807, 2.05) is 35.4 Å². The van der Waals surface area contributed by atoms with Crippen molar-refractivity contribution in [2.75, 3.05) is 49.3 Å². The van der Waals surface area contributed by atoms with Crippen LogP contribution in [0.1, 0.15) is 17.3 Å². The van der Waals surface area contributed by atoms with Crippen LogP contribution in [-0.4, -0.2) is 60.9 Å². The molecule has 2 aromatic rings. The molecule has 9 heteroatoms. The number of nitrogens with one attached hydrogen (secondary N) is 1. The summed E-state index contributed by atoms with van der Waals surface area (Å²) in [6.45, 7) is 4.34. The lowest BCUT2D eigenvalue weighted by Gasteiger charge is -2.35. The molecule has 0 radical (unpaired) electrons. The standard InChI is InChI=1S/C20H23ClN4O3S/c1-3-28-19(26)14-11-17(21)18(22-13-14)24-7-9-25(10-8-24)20(27)23-15-5-4-6-16(12-15)29-2/h4-6,11-13H,3,7-10H2,1-2H3,(H,23,27). The number of benzene rings is 1. The number of anilines is 2. The van der Waals surface area contributed by atoms with Crippen molar-refractivity contribution in [3.8, 4) is 0 Å². The van der Waals surface area contributed by atoms with Crippen molar-refractivity contribution < 1.29 is 14.3 Å². The van der Waals surface area contributed by atoms with Crippen molar-refractivity contribution in [3.05, 3.63) is 47.1 Å². The van der Waals surface area contributed by atoms with Gasteiger partial charge in [-0.05, 0) is 37.4 Å². The van der Waals surface area contributed by atoms with Crippen LogP contribution < -0.4 is 10.2 Å². The Bertz CT molecular complexity index is 888.